The van der Waals surface area contributed by atoms with Crippen molar-refractivity contribution in [1.29, 1.82) is 0 Å². The highest BCUT2D eigenvalue weighted by Crippen LogP contribution is 2.35. The maximum absolute atomic E-state index is 9.99. The zero-order valence-electron chi connectivity index (χ0n) is 11.4. The molecule has 0 aliphatic carbocycles. The van der Waals surface area contributed by atoms with Gasteiger partial charge in [0.05, 0.1) is 19.3 Å². The predicted octanol–water partition coefficient (Wildman–Crippen LogP) is -3.34. The summed E-state index contributed by atoms with van der Waals surface area (Å²) in [5.74, 6) is -1.92. The average Bonchev–Trinajstić information content (AvgIpc) is 2.74. The van der Waals surface area contributed by atoms with E-state index in [-0.39, 0.29) is 6.42 Å². The van der Waals surface area contributed by atoms with Gasteiger partial charge in [-0.3, -0.25) is 0 Å². The Balaban J connectivity index is 2.05. The van der Waals surface area contributed by atoms with Crippen LogP contribution >= 0.6 is 0 Å². The minimum Gasteiger partial charge on any atom is -0.394 e. The molecule has 0 saturated carbocycles. The first-order chi connectivity index (χ1) is 9.97. The number of hydrogen-bond donors (Lipinski definition) is 6. The maximum atomic E-state index is 9.99. The van der Waals surface area contributed by atoms with E-state index >= 15 is 0 Å². The van der Waals surface area contributed by atoms with Gasteiger partial charge in [0, 0.05) is 6.42 Å². The van der Waals surface area contributed by atoms with Crippen LogP contribution in [0.1, 0.15) is 12.8 Å². The van der Waals surface area contributed by atoms with E-state index in [1.165, 1.54) is 0 Å². The standard InChI is InChI=1S/C12H22O9/c13-3-7-6(16)1-2-9(19-7)21-12(5-15)11(18)10(17)8(4-14)20-12/h6-11,13-18H,1-5H2/t6-,7+,8+,9+,10+,11-,12?/m0/s1. The third-order valence-electron chi connectivity index (χ3n) is 3.87. The molecule has 2 saturated heterocycles. The smallest absolute Gasteiger partial charge is 0.223 e. The third kappa shape index (κ3) is 3.21. The largest absolute Gasteiger partial charge is 0.394 e. The zero-order valence-corrected chi connectivity index (χ0v) is 11.4. The lowest BCUT2D eigenvalue weighted by Crippen LogP contribution is -2.53. The van der Waals surface area contributed by atoms with E-state index in [1.54, 1.807) is 0 Å². The first kappa shape index (κ1) is 17.0. The molecule has 0 aromatic rings. The second kappa shape index (κ2) is 6.82. The quantitative estimate of drug-likeness (QED) is 0.306. The minimum atomic E-state index is -1.92. The Hall–Kier alpha value is -0.360. The van der Waals surface area contributed by atoms with Gasteiger partial charge in [-0.1, -0.05) is 0 Å². The number of ether oxygens (including phenoxy) is 3. The first-order valence-electron chi connectivity index (χ1n) is 6.85. The lowest BCUT2D eigenvalue weighted by Gasteiger charge is -2.38. The molecule has 124 valence electrons. The molecular formula is C12H22O9. The van der Waals surface area contributed by atoms with Crippen molar-refractivity contribution in [1.82, 2.24) is 0 Å². The summed E-state index contributed by atoms with van der Waals surface area (Å²) in [7, 11) is 0. The van der Waals surface area contributed by atoms with Crippen molar-refractivity contribution < 1.29 is 44.8 Å². The summed E-state index contributed by atoms with van der Waals surface area (Å²) in [4.78, 5) is 0. The number of aliphatic hydroxyl groups is 6. The molecule has 2 heterocycles. The van der Waals surface area contributed by atoms with Gasteiger partial charge in [-0.15, -0.1) is 0 Å². The van der Waals surface area contributed by atoms with Crippen molar-refractivity contribution >= 4 is 0 Å². The molecule has 21 heavy (non-hydrogen) atoms. The van der Waals surface area contributed by atoms with Crippen molar-refractivity contribution in [3.8, 4) is 0 Å². The van der Waals surface area contributed by atoms with Crippen LogP contribution in [0.3, 0.4) is 0 Å². The van der Waals surface area contributed by atoms with Gasteiger partial charge < -0.3 is 44.8 Å². The maximum Gasteiger partial charge on any atom is 0.223 e. The highest BCUT2D eigenvalue weighted by Gasteiger charge is 2.56. The van der Waals surface area contributed by atoms with Gasteiger partial charge in [0.1, 0.15) is 31.0 Å². The van der Waals surface area contributed by atoms with Crippen LogP contribution in [0.2, 0.25) is 0 Å². The van der Waals surface area contributed by atoms with Crippen LogP contribution in [0.4, 0.5) is 0 Å². The van der Waals surface area contributed by atoms with Gasteiger partial charge in [0.25, 0.3) is 0 Å². The summed E-state index contributed by atoms with van der Waals surface area (Å²) < 4.78 is 16.0. The van der Waals surface area contributed by atoms with Crippen LogP contribution in [-0.4, -0.2) is 93.1 Å². The molecule has 0 radical (unpaired) electrons. The van der Waals surface area contributed by atoms with Crippen molar-refractivity contribution in [3.05, 3.63) is 0 Å². The Labute approximate surface area is 121 Å². The second-order valence-electron chi connectivity index (χ2n) is 5.29. The van der Waals surface area contributed by atoms with Gasteiger partial charge in [0.15, 0.2) is 6.29 Å². The summed E-state index contributed by atoms with van der Waals surface area (Å²) in [6.45, 7) is -1.71. The van der Waals surface area contributed by atoms with Crippen molar-refractivity contribution in [2.75, 3.05) is 19.8 Å². The first-order valence-corrected chi connectivity index (χ1v) is 6.85. The van der Waals surface area contributed by atoms with Gasteiger partial charge in [-0.2, -0.15) is 0 Å². The molecule has 2 rings (SSSR count). The molecule has 0 aromatic heterocycles. The Morgan fingerprint density at radius 2 is 1.67 bits per heavy atom. The second-order valence-corrected chi connectivity index (χ2v) is 5.29. The fourth-order valence-corrected chi connectivity index (χ4v) is 2.59. The Morgan fingerprint density at radius 1 is 1.00 bits per heavy atom. The van der Waals surface area contributed by atoms with Crippen LogP contribution in [-0.2, 0) is 14.2 Å². The van der Waals surface area contributed by atoms with E-state index in [2.05, 4.69) is 0 Å². The van der Waals surface area contributed by atoms with Crippen LogP contribution < -0.4 is 0 Å². The Kier molecular flexibility index (Phi) is 5.52. The van der Waals surface area contributed by atoms with E-state index in [9.17, 15) is 20.4 Å². The third-order valence-corrected chi connectivity index (χ3v) is 3.87. The van der Waals surface area contributed by atoms with Crippen LogP contribution in [0.15, 0.2) is 0 Å². The molecule has 0 amide bonds. The summed E-state index contributed by atoms with van der Waals surface area (Å²) in [5.41, 5.74) is 0. The van der Waals surface area contributed by atoms with E-state index in [0.29, 0.717) is 6.42 Å². The SMILES string of the molecule is OC[C@H]1OC(CO)(O[C@@H]2CC[C@H](O)[C@@H](CO)O2)[C@@H](O)[C@@H]1O. The lowest BCUT2D eigenvalue weighted by molar-refractivity contribution is -0.354. The van der Waals surface area contributed by atoms with Crippen molar-refractivity contribution in [2.24, 2.45) is 0 Å². The molecule has 6 N–H and O–H groups in total. The Bertz CT molecular complexity index is 341. The molecule has 9 heteroatoms. The summed E-state index contributed by atoms with van der Waals surface area (Å²) >= 11 is 0. The minimum absolute atomic E-state index is 0.259. The van der Waals surface area contributed by atoms with E-state index in [0.717, 1.165) is 0 Å². The van der Waals surface area contributed by atoms with Crippen LogP contribution in [0.5, 0.6) is 0 Å². The van der Waals surface area contributed by atoms with E-state index in [1.807, 2.05) is 0 Å². The Morgan fingerprint density at radius 3 is 2.19 bits per heavy atom. The highest BCUT2D eigenvalue weighted by atomic mass is 16.8. The number of aliphatic hydroxyl groups excluding tert-OH is 6. The van der Waals surface area contributed by atoms with Gasteiger partial charge in [0.2, 0.25) is 5.79 Å². The molecule has 9 nitrogen and oxygen atoms in total. The van der Waals surface area contributed by atoms with Crippen molar-refractivity contribution in [3.63, 3.8) is 0 Å². The molecule has 2 aliphatic heterocycles. The molecule has 2 aliphatic rings. The summed E-state index contributed by atoms with van der Waals surface area (Å²) in [6.07, 6.45) is -6.10. The fraction of sp³-hybridized carbons (Fsp3) is 1.00. The predicted molar refractivity (Wildman–Crippen MR) is 65.9 cm³/mol. The van der Waals surface area contributed by atoms with Gasteiger partial charge in [-0.25, -0.2) is 0 Å². The number of hydrogen-bond acceptors (Lipinski definition) is 9. The molecule has 0 aromatic carbocycles. The van der Waals surface area contributed by atoms with Gasteiger partial charge in [-0.05, 0) is 6.42 Å². The molecule has 7 atom stereocenters. The summed E-state index contributed by atoms with van der Waals surface area (Å²) in [5, 5.41) is 57.0. The van der Waals surface area contributed by atoms with E-state index < -0.39 is 62.4 Å². The molecule has 0 spiro atoms. The molecule has 2 fully saturated rings. The molecular weight excluding hydrogens is 288 g/mol. The zero-order chi connectivity index (χ0) is 15.6. The fourth-order valence-electron chi connectivity index (χ4n) is 2.59. The number of rotatable bonds is 5. The van der Waals surface area contributed by atoms with Crippen molar-refractivity contribution in [2.45, 2.75) is 55.4 Å². The monoisotopic (exact) mass is 310 g/mol. The van der Waals surface area contributed by atoms with Gasteiger partial charge >= 0.3 is 0 Å². The van der Waals surface area contributed by atoms with E-state index in [4.69, 9.17) is 24.4 Å². The van der Waals surface area contributed by atoms with Crippen LogP contribution in [0, 0.1) is 0 Å². The lowest BCUT2D eigenvalue weighted by atomic mass is 10.0. The normalized spacial score (nSPS) is 47.7. The average molecular weight is 310 g/mol. The summed E-state index contributed by atoms with van der Waals surface area (Å²) in [6, 6.07) is 0. The molecule has 0 bridgehead atoms. The molecule has 1 unspecified atom stereocenters. The van der Waals surface area contributed by atoms with Crippen LogP contribution in [0.25, 0.3) is 0 Å². The highest BCUT2D eigenvalue weighted by molar-refractivity contribution is 4.97. The topological polar surface area (TPSA) is 149 Å².